The van der Waals surface area contributed by atoms with Crippen LogP contribution in [0.25, 0.3) is 10.1 Å². The fourth-order valence-corrected chi connectivity index (χ4v) is 3.78. The largest absolute Gasteiger partial charge is 0.377 e. The van der Waals surface area contributed by atoms with Gasteiger partial charge >= 0.3 is 0 Å². The van der Waals surface area contributed by atoms with E-state index in [0.29, 0.717) is 0 Å². The van der Waals surface area contributed by atoms with Crippen LogP contribution in [0.15, 0.2) is 24.3 Å². The van der Waals surface area contributed by atoms with Gasteiger partial charge in [-0.2, -0.15) is 0 Å². The van der Waals surface area contributed by atoms with E-state index in [9.17, 15) is 0 Å². The number of hydrogen-bond donors (Lipinski definition) is 1. The van der Waals surface area contributed by atoms with Gasteiger partial charge in [0.05, 0.1) is 5.00 Å². The molecular formula is C19H29NS. The Labute approximate surface area is 133 Å². The Hall–Kier alpha value is -1.02. The summed E-state index contributed by atoms with van der Waals surface area (Å²) < 4.78 is 1.40. The smallest absolute Gasteiger partial charge is 0.0894 e. The minimum atomic E-state index is 1.11. The predicted molar refractivity (Wildman–Crippen MR) is 97.7 cm³/mol. The number of hydrogen-bond acceptors (Lipinski definition) is 2. The van der Waals surface area contributed by atoms with Gasteiger partial charge in [0.2, 0.25) is 0 Å². The van der Waals surface area contributed by atoms with E-state index in [1.54, 1.807) is 0 Å². The number of unbranched alkanes of at least 4 members (excludes halogenated alkanes) is 7. The molecule has 0 aliphatic heterocycles. The van der Waals surface area contributed by atoms with Crippen LogP contribution in [0, 0.1) is 6.92 Å². The highest BCUT2D eigenvalue weighted by molar-refractivity contribution is 7.22. The van der Waals surface area contributed by atoms with Crippen molar-refractivity contribution in [2.45, 2.75) is 65.2 Å². The number of nitrogens with one attached hydrogen (secondary N) is 1. The molecule has 1 nitrogen and oxygen atoms in total. The first-order chi connectivity index (χ1) is 10.3. The van der Waals surface area contributed by atoms with Crippen LogP contribution in [0.5, 0.6) is 0 Å². The monoisotopic (exact) mass is 303 g/mol. The summed E-state index contributed by atoms with van der Waals surface area (Å²) in [4.78, 5) is 0. The van der Waals surface area contributed by atoms with Crippen molar-refractivity contribution in [2.75, 3.05) is 11.9 Å². The Morgan fingerprint density at radius 1 is 0.905 bits per heavy atom. The Morgan fingerprint density at radius 3 is 2.38 bits per heavy atom. The van der Waals surface area contributed by atoms with Crippen molar-refractivity contribution < 1.29 is 0 Å². The molecule has 2 aromatic rings. The maximum atomic E-state index is 3.58. The van der Waals surface area contributed by atoms with Gasteiger partial charge in [-0.25, -0.2) is 0 Å². The van der Waals surface area contributed by atoms with Gasteiger partial charge in [-0.3, -0.25) is 0 Å². The molecule has 0 spiro atoms. The van der Waals surface area contributed by atoms with E-state index in [2.05, 4.69) is 43.4 Å². The summed E-state index contributed by atoms with van der Waals surface area (Å²) in [5, 5.41) is 6.27. The molecule has 2 rings (SSSR count). The van der Waals surface area contributed by atoms with Gasteiger partial charge in [0, 0.05) is 11.2 Å². The highest BCUT2D eigenvalue weighted by Crippen LogP contribution is 2.30. The molecule has 0 aliphatic carbocycles. The van der Waals surface area contributed by atoms with Crippen molar-refractivity contribution in [3.63, 3.8) is 0 Å². The zero-order valence-electron chi connectivity index (χ0n) is 13.6. The number of rotatable bonds is 10. The summed E-state index contributed by atoms with van der Waals surface area (Å²) in [7, 11) is 0. The van der Waals surface area contributed by atoms with Crippen molar-refractivity contribution in [3.8, 4) is 0 Å². The van der Waals surface area contributed by atoms with Crippen molar-refractivity contribution >= 4 is 26.4 Å². The molecule has 0 bridgehead atoms. The highest BCUT2D eigenvalue weighted by atomic mass is 32.1. The van der Waals surface area contributed by atoms with Crippen LogP contribution in [0.4, 0.5) is 5.00 Å². The summed E-state index contributed by atoms with van der Waals surface area (Å²) in [6.07, 6.45) is 11.1. The van der Waals surface area contributed by atoms with Gasteiger partial charge < -0.3 is 5.32 Å². The molecule has 0 atom stereocenters. The van der Waals surface area contributed by atoms with Crippen LogP contribution in [0.3, 0.4) is 0 Å². The number of anilines is 1. The zero-order valence-corrected chi connectivity index (χ0v) is 14.4. The van der Waals surface area contributed by atoms with Gasteiger partial charge in [-0.15, -0.1) is 11.3 Å². The van der Waals surface area contributed by atoms with Crippen molar-refractivity contribution in [2.24, 2.45) is 0 Å². The first-order valence-electron chi connectivity index (χ1n) is 8.53. The first-order valence-corrected chi connectivity index (χ1v) is 9.35. The Bertz CT molecular complexity index is 529. The molecule has 0 unspecified atom stereocenters. The van der Waals surface area contributed by atoms with E-state index in [0.717, 1.165) is 6.54 Å². The molecule has 2 heteroatoms. The molecule has 1 heterocycles. The Balaban J connectivity index is 1.59. The average Bonchev–Trinajstić information content (AvgIpc) is 2.87. The van der Waals surface area contributed by atoms with Gasteiger partial charge in [-0.05, 0) is 36.4 Å². The van der Waals surface area contributed by atoms with E-state index < -0.39 is 0 Å². The average molecular weight is 304 g/mol. The third-order valence-electron chi connectivity index (χ3n) is 4.01. The number of benzene rings is 1. The van der Waals surface area contributed by atoms with Crippen molar-refractivity contribution in [3.05, 3.63) is 29.8 Å². The second-order valence-corrected chi connectivity index (χ2v) is 7.14. The van der Waals surface area contributed by atoms with E-state index in [-0.39, 0.29) is 0 Å². The lowest BCUT2D eigenvalue weighted by Gasteiger charge is -2.03. The normalized spacial score (nSPS) is 11.1. The maximum Gasteiger partial charge on any atom is 0.0894 e. The lowest BCUT2D eigenvalue weighted by atomic mass is 10.1. The summed E-state index contributed by atoms with van der Waals surface area (Å²) in [5.41, 5.74) is 1.35. The quantitative estimate of drug-likeness (QED) is 0.478. The van der Waals surface area contributed by atoms with Crippen LogP contribution in [-0.4, -0.2) is 6.54 Å². The summed E-state index contributed by atoms with van der Waals surface area (Å²) in [5.74, 6) is 0. The molecule has 1 N–H and O–H groups in total. The minimum absolute atomic E-state index is 1.11. The molecule has 0 aliphatic rings. The van der Waals surface area contributed by atoms with Gasteiger partial charge in [-0.1, -0.05) is 64.0 Å². The molecule has 21 heavy (non-hydrogen) atoms. The lowest BCUT2D eigenvalue weighted by molar-refractivity contribution is 0.581. The summed E-state index contributed by atoms with van der Waals surface area (Å²) >= 11 is 1.88. The van der Waals surface area contributed by atoms with Crippen molar-refractivity contribution in [1.82, 2.24) is 0 Å². The first kappa shape index (κ1) is 16.4. The van der Waals surface area contributed by atoms with Crippen molar-refractivity contribution in [1.29, 1.82) is 0 Å². The minimum Gasteiger partial charge on any atom is -0.377 e. The van der Waals surface area contributed by atoms with E-state index >= 15 is 0 Å². The number of fused-ring (bicyclic) bond motifs is 1. The molecule has 1 aromatic heterocycles. The highest BCUT2D eigenvalue weighted by Gasteiger charge is 2.01. The second kappa shape index (κ2) is 9.09. The molecule has 0 radical (unpaired) electrons. The molecule has 1 aromatic carbocycles. The third-order valence-corrected chi connectivity index (χ3v) is 5.06. The second-order valence-electron chi connectivity index (χ2n) is 6.05. The summed E-state index contributed by atoms with van der Waals surface area (Å²) in [6, 6.07) is 8.98. The zero-order chi connectivity index (χ0) is 14.9. The molecule has 0 fully saturated rings. The van der Waals surface area contributed by atoms with Crippen LogP contribution < -0.4 is 5.32 Å². The number of thiophene rings is 1. The van der Waals surface area contributed by atoms with E-state index in [1.165, 1.54) is 72.0 Å². The Morgan fingerprint density at radius 2 is 1.62 bits per heavy atom. The van der Waals surface area contributed by atoms with Crippen LogP contribution >= 0.6 is 11.3 Å². The van der Waals surface area contributed by atoms with Gasteiger partial charge in [0.15, 0.2) is 0 Å². The predicted octanol–water partition coefficient (Wildman–Crippen LogP) is 6.76. The molecule has 0 saturated carbocycles. The third kappa shape index (κ3) is 5.70. The van der Waals surface area contributed by atoms with E-state index in [1.807, 2.05) is 11.3 Å². The lowest BCUT2D eigenvalue weighted by Crippen LogP contribution is -1.99. The fourth-order valence-electron chi connectivity index (χ4n) is 2.70. The van der Waals surface area contributed by atoms with E-state index in [4.69, 9.17) is 0 Å². The van der Waals surface area contributed by atoms with Crippen LogP contribution in [0.1, 0.15) is 63.9 Å². The van der Waals surface area contributed by atoms with Crippen LogP contribution in [-0.2, 0) is 0 Å². The number of aryl methyl sites for hydroxylation is 1. The fraction of sp³-hybridized carbons (Fsp3) is 0.579. The molecule has 0 saturated heterocycles. The van der Waals surface area contributed by atoms with Crippen LogP contribution in [0.2, 0.25) is 0 Å². The standard InChI is InChI=1S/C19H29NS/c1-3-4-5-6-7-8-9-10-13-20-19-15-17-12-11-16(2)14-18(17)21-19/h11-12,14-15,20H,3-10,13H2,1-2H3. The summed E-state index contributed by atoms with van der Waals surface area (Å²) in [6.45, 7) is 5.55. The Kier molecular flexibility index (Phi) is 7.08. The SMILES string of the molecule is CCCCCCCCCCNc1cc2ccc(C)cc2s1. The van der Waals surface area contributed by atoms with Gasteiger partial charge in [0.1, 0.15) is 0 Å². The topological polar surface area (TPSA) is 12.0 Å². The van der Waals surface area contributed by atoms with Gasteiger partial charge in [0.25, 0.3) is 0 Å². The molecular weight excluding hydrogens is 274 g/mol. The maximum absolute atomic E-state index is 3.58. The molecule has 116 valence electrons. The molecule has 0 amide bonds.